The van der Waals surface area contributed by atoms with Crippen molar-refractivity contribution in [2.45, 2.75) is 0 Å². The van der Waals surface area contributed by atoms with Crippen LogP contribution in [0.5, 0.6) is 0 Å². The number of esters is 2. The van der Waals surface area contributed by atoms with Crippen molar-refractivity contribution in [3.05, 3.63) is 59.7 Å². The molecule has 0 aliphatic carbocycles. The zero-order valence-corrected chi connectivity index (χ0v) is 13.6. The summed E-state index contributed by atoms with van der Waals surface area (Å²) in [5, 5.41) is 8.01. The van der Waals surface area contributed by atoms with Crippen molar-refractivity contribution >= 4 is 11.9 Å². The van der Waals surface area contributed by atoms with Crippen LogP contribution in [0, 0.1) is 0 Å². The third-order valence-electron chi connectivity index (χ3n) is 3.53. The van der Waals surface area contributed by atoms with E-state index in [0.29, 0.717) is 34.0 Å². The van der Waals surface area contributed by atoms with Gasteiger partial charge in [0.25, 0.3) is 0 Å². The van der Waals surface area contributed by atoms with Crippen molar-refractivity contribution in [3.63, 3.8) is 0 Å². The number of hydrogen-bond donors (Lipinski definition) is 0. The Bertz CT molecular complexity index is 824. The highest BCUT2D eigenvalue weighted by Gasteiger charge is 2.13. The Morgan fingerprint density at radius 3 is 1.40 bits per heavy atom. The first-order chi connectivity index (χ1) is 12.1. The smallest absolute Gasteiger partial charge is 0.337 e. The highest BCUT2D eigenvalue weighted by atomic mass is 16.5. The zero-order valence-electron chi connectivity index (χ0n) is 13.6. The molecule has 126 valence electrons. The summed E-state index contributed by atoms with van der Waals surface area (Å²) in [5.74, 6) is -0.182. The molecule has 0 aliphatic rings. The number of aromatic nitrogens is 2. The van der Waals surface area contributed by atoms with Crippen LogP contribution in [0.4, 0.5) is 0 Å². The van der Waals surface area contributed by atoms with Gasteiger partial charge in [-0.05, 0) is 48.5 Å². The Hall–Kier alpha value is -3.48. The monoisotopic (exact) mass is 338 g/mol. The third-order valence-corrected chi connectivity index (χ3v) is 3.53. The highest BCUT2D eigenvalue weighted by molar-refractivity contribution is 5.90. The third kappa shape index (κ3) is 3.40. The molecule has 0 bridgehead atoms. The van der Waals surface area contributed by atoms with Gasteiger partial charge in [0.2, 0.25) is 11.8 Å². The fourth-order valence-corrected chi connectivity index (χ4v) is 2.19. The van der Waals surface area contributed by atoms with Crippen LogP contribution >= 0.6 is 0 Å². The van der Waals surface area contributed by atoms with Gasteiger partial charge in [0.15, 0.2) is 0 Å². The van der Waals surface area contributed by atoms with Crippen LogP contribution in [0.2, 0.25) is 0 Å². The van der Waals surface area contributed by atoms with E-state index in [2.05, 4.69) is 19.7 Å². The van der Waals surface area contributed by atoms with Gasteiger partial charge in [-0.15, -0.1) is 10.2 Å². The predicted octanol–water partition coefficient (Wildman–Crippen LogP) is 2.98. The average Bonchev–Trinajstić information content (AvgIpc) is 3.17. The fourth-order valence-electron chi connectivity index (χ4n) is 2.19. The standard InChI is InChI=1S/C18H14N2O5/c1-23-17(21)13-7-3-11(4-8-13)15-19-20-16(25-15)12-5-9-14(10-6-12)18(22)24-2/h3-10H,1-2H3. The Balaban J connectivity index is 1.82. The molecule has 0 unspecified atom stereocenters. The molecule has 25 heavy (non-hydrogen) atoms. The topological polar surface area (TPSA) is 91.5 Å². The van der Waals surface area contributed by atoms with Crippen molar-refractivity contribution in [3.8, 4) is 22.9 Å². The number of hydrogen-bond acceptors (Lipinski definition) is 7. The molecule has 1 aromatic heterocycles. The van der Waals surface area contributed by atoms with Crippen LogP contribution < -0.4 is 0 Å². The summed E-state index contributed by atoms with van der Waals surface area (Å²) >= 11 is 0. The molecule has 0 aliphatic heterocycles. The Morgan fingerprint density at radius 2 is 1.08 bits per heavy atom. The van der Waals surface area contributed by atoms with Crippen LogP contribution in [-0.2, 0) is 9.47 Å². The lowest BCUT2D eigenvalue weighted by Crippen LogP contribution is -2.00. The fraction of sp³-hybridized carbons (Fsp3) is 0.111. The molecule has 3 rings (SSSR count). The molecule has 0 fully saturated rings. The molecule has 7 heteroatoms. The first kappa shape index (κ1) is 16.4. The molecule has 0 N–H and O–H groups in total. The van der Waals surface area contributed by atoms with Crippen molar-refractivity contribution in [1.29, 1.82) is 0 Å². The number of methoxy groups -OCH3 is 2. The summed E-state index contributed by atoms with van der Waals surface area (Å²) in [6.07, 6.45) is 0. The molecule has 3 aromatic rings. The predicted molar refractivity (Wildman–Crippen MR) is 87.8 cm³/mol. The van der Waals surface area contributed by atoms with E-state index >= 15 is 0 Å². The van der Waals surface area contributed by atoms with Gasteiger partial charge >= 0.3 is 11.9 Å². The lowest BCUT2D eigenvalue weighted by molar-refractivity contribution is 0.0592. The minimum Gasteiger partial charge on any atom is -0.465 e. The van der Waals surface area contributed by atoms with Crippen LogP contribution in [0.15, 0.2) is 52.9 Å². The number of ether oxygens (including phenoxy) is 2. The van der Waals surface area contributed by atoms with Gasteiger partial charge in [-0.1, -0.05) is 0 Å². The second kappa shape index (κ2) is 6.96. The molecule has 0 amide bonds. The van der Waals surface area contributed by atoms with Gasteiger partial charge in [-0.25, -0.2) is 9.59 Å². The molecule has 1 heterocycles. The maximum Gasteiger partial charge on any atom is 0.337 e. The van der Waals surface area contributed by atoms with E-state index in [1.807, 2.05) is 0 Å². The van der Waals surface area contributed by atoms with Gasteiger partial charge in [0, 0.05) is 11.1 Å². The van der Waals surface area contributed by atoms with Crippen LogP contribution in [0.3, 0.4) is 0 Å². The van der Waals surface area contributed by atoms with Crippen molar-refractivity contribution < 1.29 is 23.5 Å². The van der Waals surface area contributed by atoms with E-state index in [0.717, 1.165) is 0 Å². The van der Waals surface area contributed by atoms with E-state index in [9.17, 15) is 9.59 Å². The summed E-state index contributed by atoms with van der Waals surface area (Å²) in [4.78, 5) is 22.9. The molecule has 0 radical (unpaired) electrons. The summed E-state index contributed by atoms with van der Waals surface area (Å²) in [7, 11) is 2.65. The number of carbonyl (C=O) groups excluding carboxylic acids is 2. The van der Waals surface area contributed by atoms with Crippen molar-refractivity contribution in [2.75, 3.05) is 14.2 Å². The Morgan fingerprint density at radius 1 is 0.720 bits per heavy atom. The molecule has 0 saturated heterocycles. The Kier molecular flexibility index (Phi) is 4.56. The normalized spacial score (nSPS) is 10.3. The minimum absolute atomic E-state index is 0.323. The first-order valence-corrected chi connectivity index (χ1v) is 7.33. The summed E-state index contributed by atoms with van der Waals surface area (Å²) in [6, 6.07) is 13.3. The van der Waals surface area contributed by atoms with Crippen LogP contribution in [0.25, 0.3) is 22.9 Å². The van der Waals surface area contributed by atoms with Crippen molar-refractivity contribution in [1.82, 2.24) is 10.2 Å². The van der Waals surface area contributed by atoms with Gasteiger partial charge in [0.1, 0.15) is 0 Å². The molecule has 7 nitrogen and oxygen atoms in total. The van der Waals surface area contributed by atoms with Crippen LogP contribution in [-0.4, -0.2) is 36.4 Å². The minimum atomic E-state index is -0.413. The van der Waals surface area contributed by atoms with Gasteiger partial charge < -0.3 is 13.9 Å². The van der Waals surface area contributed by atoms with E-state index in [1.165, 1.54) is 14.2 Å². The average molecular weight is 338 g/mol. The first-order valence-electron chi connectivity index (χ1n) is 7.33. The molecular formula is C18H14N2O5. The summed E-state index contributed by atoms with van der Waals surface area (Å²) in [6.45, 7) is 0. The zero-order chi connectivity index (χ0) is 17.8. The SMILES string of the molecule is COC(=O)c1ccc(-c2nnc(-c3ccc(C(=O)OC)cc3)o2)cc1. The van der Waals surface area contributed by atoms with Gasteiger partial charge in [-0.2, -0.15) is 0 Å². The van der Waals surface area contributed by atoms with E-state index in [4.69, 9.17) is 4.42 Å². The van der Waals surface area contributed by atoms with E-state index < -0.39 is 11.9 Å². The maximum atomic E-state index is 11.4. The number of benzene rings is 2. The highest BCUT2D eigenvalue weighted by Crippen LogP contribution is 2.24. The molecule has 0 spiro atoms. The van der Waals surface area contributed by atoms with Gasteiger partial charge in [-0.3, -0.25) is 0 Å². The van der Waals surface area contributed by atoms with E-state index in [-0.39, 0.29) is 0 Å². The second-order valence-corrected chi connectivity index (χ2v) is 5.05. The quantitative estimate of drug-likeness (QED) is 0.675. The molecular weight excluding hydrogens is 324 g/mol. The lowest BCUT2D eigenvalue weighted by Gasteiger charge is -2.00. The summed E-state index contributed by atoms with van der Waals surface area (Å²) in [5.41, 5.74) is 2.23. The number of nitrogens with zero attached hydrogens (tertiary/aromatic N) is 2. The molecule has 2 aromatic carbocycles. The van der Waals surface area contributed by atoms with Gasteiger partial charge in [0.05, 0.1) is 25.3 Å². The Labute approximate surface area is 143 Å². The number of carbonyl (C=O) groups is 2. The molecule has 0 saturated carbocycles. The second-order valence-electron chi connectivity index (χ2n) is 5.05. The summed E-state index contributed by atoms with van der Waals surface area (Å²) < 4.78 is 15.0. The largest absolute Gasteiger partial charge is 0.465 e. The molecule has 0 atom stereocenters. The van der Waals surface area contributed by atoms with Crippen molar-refractivity contribution in [2.24, 2.45) is 0 Å². The van der Waals surface area contributed by atoms with E-state index in [1.54, 1.807) is 48.5 Å². The maximum absolute atomic E-state index is 11.4. The lowest BCUT2D eigenvalue weighted by atomic mass is 10.1. The van der Waals surface area contributed by atoms with Crippen LogP contribution in [0.1, 0.15) is 20.7 Å². The number of rotatable bonds is 4.